The number of amides is 1. The number of aromatic amines is 1. The number of nitrogens with one attached hydrogen (secondary N) is 1. The second kappa shape index (κ2) is 8.76. The summed E-state index contributed by atoms with van der Waals surface area (Å²) in [4.78, 5) is 43.1. The average Bonchev–Trinajstić information content (AvgIpc) is 3.27. The smallest absolute Gasteiger partial charge is 0.349 e. The van der Waals surface area contributed by atoms with Crippen LogP contribution in [0.4, 0.5) is 0 Å². The first-order chi connectivity index (χ1) is 15.5. The number of hydrogen-bond acceptors (Lipinski definition) is 6. The predicted octanol–water partition coefficient (Wildman–Crippen LogP) is 2.71. The van der Waals surface area contributed by atoms with Crippen molar-refractivity contribution in [3.05, 3.63) is 93.9 Å². The van der Waals surface area contributed by atoms with Crippen molar-refractivity contribution in [2.24, 2.45) is 0 Å². The molecule has 2 aromatic carbocycles. The van der Waals surface area contributed by atoms with Crippen molar-refractivity contribution in [3.63, 3.8) is 0 Å². The third-order valence-corrected chi connectivity index (χ3v) is 5.27. The fraction of sp³-hybridized carbons (Fsp3) is 0.130. The van der Waals surface area contributed by atoms with Gasteiger partial charge in [-0.3, -0.25) is 9.59 Å². The number of carbonyl (C=O) groups is 2. The van der Waals surface area contributed by atoms with Crippen LogP contribution < -0.4 is 5.63 Å². The molecule has 9 heteroatoms. The Kier molecular flexibility index (Phi) is 5.71. The van der Waals surface area contributed by atoms with Gasteiger partial charge in [-0.25, -0.2) is 9.78 Å². The lowest BCUT2D eigenvalue weighted by Gasteiger charge is -2.32. The van der Waals surface area contributed by atoms with Crippen molar-refractivity contribution in [2.75, 3.05) is 6.54 Å². The van der Waals surface area contributed by atoms with E-state index < -0.39 is 11.5 Å². The summed E-state index contributed by atoms with van der Waals surface area (Å²) in [5, 5.41) is 17.5. The number of benzene rings is 2. The summed E-state index contributed by atoms with van der Waals surface area (Å²) in [5.74, 6) is -0.457. The molecule has 3 N–H and O–H groups in total. The first kappa shape index (κ1) is 20.9. The van der Waals surface area contributed by atoms with Crippen LogP contribution in [0.25, 0.3) is 11.0 Å². The lowest BCUT2D eigenvalue weighted by Crippen LogP contribution is -2.40. The second-order valence-electron chi connectivity index (χ2n) is 7.19. The molecule has 0 saturated carbocycles. The van der Waals surface area contributed by atoms with E-state index in [1.165, 1.54) is 0 Å². The van der Waals surface area contributed by atoms with Crippen LogP contribution in [0.3, 0.4) is 0 Å². The minimum absolute atomic E-state index is 0.00123. The van der Waals surface area contributed by atoms with E-state index >= 15 is 0 Å². The molecule has 32 heavy (non-hydrogen) atoms. The van der Waals surface area contributed by atoms with Gasteiger partial charge in [0.15, 0.2) is 0 Å². The Labute approximate surface area is 181 Å². The standard InChI is InChI=1S/C22H17N3O4.CH2O2/c26-15-6-3-5-13(8-15)17-10-25(11-18-20(17)24-12-23-18)21(27)16-9-14-4-1-2-7-19(14)29-22(16)28;2-1-3/h1-9,12,17,26H,10-11H2,(H,23,24);1H,(H,2,3). The van der Waals surface area contributed by atoms with E-state index in [1.54, 1.807) is 53.7 Å². The maximum absolute atomic E-state index is 13.2. The van der Waals surface area contributed by atoms with Gasteiger partial charge < -0.3 is 24.5 Å². The summed E-state index contributed by atoms with van der Waals surface area (Å²) in [6.45, 7) is 0.405. The predicted molar refractivity (Wildman–Crippen MR) is 114 cm³/mol. The SMILES string of the molecule is O=C(c1cc2ccccc2oc1=O)N1Cc2[nH]cnc2C(c2cccc(O)c2)C1.O=CO. The second-order valence-corrected chi connectivity index (χ2v) is 7.19. The number of carbonyl (C=O) groups excluding carboxylic acids is 1. The Balaban J connectivity index is 0.000000775. The molecule has 1 amide bonds. The molecule has 3 heterocycles. The first-order valence-electron chi connectivity index (χ1n) is 9.73. The number of fused-ring (bicyclic) bond motifs is 2. The molecule has 0 fully saturated rings. The van der Waals surface area contributed by atoms with Crippen molar-refractivity contribution in [3.8, 4) is 5.75 Å². The Morgan fingerprint density at radius 3 is 2.75 bits per heavy atom. The fourth-order valence-electron chi connectivity index (χ4n) is 3.86. The number of phenols is 1. The van der Waals surface area contributed by atoms with Gasteiger partial charge in [-0.1, -0.05) is 30.3 Å². The third kappa shape index (κ3) is 3.95. The van der Waals surface area contributed by atoms with E-state index in [2.05, 4.69) is 9.97 Å². The van der Waals surface area contributed by atoms with Gasteiger partial charge >= 0.3 is 5.63 Å². The largest absolute Gasteiger partial charge is 0.508 e. The Hall–Kier alpha value is -4.40. The number of nitrogens with zero attached hydrogens (tertiary/aromatic N) is 2. The van der Waals surface area contributed by atoms with Crippen LogP contribution >= 0.6 is 0 Å². The lowest BCUT2D eigenvalue weighted by atomic mass is 9.90. The van der Waals surface area contributed by atoms with Crippen LogP contribution in [0.5, 0.6) is 5.75 Å². The highest BCUT2D eigenvalue weighted by Crippen LogP contribution is 2.33. The average molecular weight is 433 g/mol. The highest BCUT2D eigenvalue weighted by atomic mass is 16.4. The molecule has 1 unspecified atom stereocenters. The quantitative estimate of drug-likeness (QED) is 0.326. The summed E-state index contributed by atoms with van der Waals surface area (Å²) >= 11 is 0. The van der Waals surface area contributed by atoms with E-state index in [1.807, 2.05) is 12.1 Å². The topological polar surface area (TPSA) is 137 Å². The highest BCUT2D eigenvalue weighted by Gasteiger charge is 2.33. The molecule has 0 bridgehead atoms. The molecule has 4 aromatic rings. The highest BCUT2D eigenvalue weighted by molar-refractivity contribution is 5.96. The molecule has 0 radical (unpaired) electrons. The monoisotopic (exact) mass is 433 g/mol. The van der Waals surface area contributed by atoms with Gasteiger partial charge in [0.05, 0.1) is 24.3 Å². The van der Waals surface area contributed by atoms with Crippen LogP contribution in [-0.2, 0) is 11.3 Å². The van der Waals surface area contributed by atoms with Crippen molar-refractivity contribution in [2.45, 2.75) is 12.5 Å². The minimum atomic E-state index is -0.655. The van der Waals surface area contributed by atoms with Crippen molar-refractivity contribution in [1.82, 2.24) is 14.9 Å². The molecular weight excluding hydrogens is 414 g/mol. The zero-order valence-electron chi connectivity index (χ0n) is 16.8. The van der Waals surface area contributed by atoms with E-state index in [4.69, 9.17) is 14.3 Å². The third-order valence-electron chi connectivity index (χ3n) is 5.27. The molecule has 162 valence electrons. The van der Waals surface area contributed by atoms with E-state index in [0.717, 1.165) is 17.0 Å². The lowest BCUT2D eigenvalue weighted by molar-refractivity contribution is -0.122. The van der Waals surface area contributed by atoms with Gasteiger partial charge in [0, 0.05) is 17.8 Å². The Bertz CT molecular complexity index is 1340. The number of hydrogen-bond donors (Lipinski definition) is 3. The Morgan fingerprint density at radius 2 is 1.97 bits per heavy atom. The van der Waals surface area contributed by atoms with Gasteiger partial charge in [0.2, 0.25) is 0 Å². The van der Waals surface area contributed by atoms with Crippen molar-refractivity contribution >= 4 is 23.3 Å². The summed E-state index contributed by atoms with van der Waals surface area (Å²) in [7, 11) is 0. The zero-order valence-corrected chi connectivity index (χ0v) is 16.8. The zero-order chi connectivity index (χ0) is 22.7. The van der Waals surface area contributed by atoms with Crippen LogP contribution in [0.1, 0.15) is 33.2 Å². The fourth-order valence-corrected chi connectivity index (χ4v) is 3.86. The van der Waals surface area contributed by atoms with E-state index in [-0.39, 0.29) is 23.7 Å². The van der Waals surface area contributed by atoms with Crippen LogP contribution in [0, 0.1) is 0 Å². The number of rotatable bonds is 2. The molecule has 1 aliphatic rings. The summed E-state index contributed by atoms with van der Waals surface area (Å²) in [6.07, 6.45) is 1.60. The molecule has 0 saturated heterocycles. The van der Waals surface area contributed by atoms with Gasteiger partial charge in [-0.2, -0.15) is 0 Å². The molecule has 5 rings (SSSR count). The molecule has 2 aromatic heterocycles. The normalized spacial score (nSPS) is 14.9. The molecule has 0 aliphatic carbocycles. The summed E-state index contributed by atoms with van der Waals surface area (Å²) in [6, 6.07) is 15.6. The number of carboxylic acid groups (broad SMARTS) is 1. The maximum atomic E-state index is 13.2. The number of aromatic hydroxyl groups is 1. The van der Waals surface area contributed by atoms with Gasteiger partial charge in [0.25, 0.3) is 12.4 Å². The number of H-pyrrole nitrogens is 1. The number of phenolic OH excluding ortho intramolecular Hbond substituents is 1. The number of aromatic nitrogens is 2. The minimum Gasteiger partial charge on any atom is -0.508 e. The van der Waals surface area contributed by atoms with Crippen molar-refractivity contribution in [1.29, 1.82) is 0 Å². The first-order valence-corrected chi connectivity index (χ1v) is 9.73. The van der Waals surface area contributed by atoms with Gasteiger partial charge in [-0.05, 0) is 29.8 Å². The summed E-state index contributed by atoms with van der Waals surface area (Å²) in [5.41, 5.74) is 2.29. The maximum Gasteiger partial charge on any atom is 0.349 e. The van der Waals surface area contributed by atoms with E-state index in [0.29, 0.717) is 24.1 Å². The van der Waals surface area contributed by atoms with E-state index in [9.17, 15) is 14.7 Å². The summed E-state index contributed by atoms with van der Waals surface area (Å²) < 4.78 is 5.33. The van der Waals surface area contributed by atoms with Crippen LogP contribution in [0.2, 0.25) is 0 Å². The molecule has 1 aliphatic heterocycles. The van der Waals surface area contributed by atoms with Crippen LogP contribution in [0.15, 0.2) is 70.1 Å². The molecule has 1 atom stereocenters. The number of imidazole rings is 1. The molecular formula is C23H19N3O6. The Morgan fingerprint density at radius 1 is 1.19 bits per heavy atom. The van der Waals surface area contributed by atoms with Gasteiger partial charge in [0.1, 0.15) is 16.9 Å². The van der Waals surface area contributed by atoms with Crippen molar-refractivity contribution < 1.29 is 24.2 Å². The molecule has 9 nitrogen and oxygen atoms in total. The number of para-hydroxylation sites is 1. The van der Waals surface area contributed by atoms with Crippen LogP contribution in [-0.4, -0.2) is 44.0 Å². The van der Waals surface area contributed by atoms with Gasteiger partial charge in [-0.15, -0.1) is 0 Å². The molecule has 0 spiro atoms.